The van der Waals surface area contributed by atoms with E-state index in [1.807, 2.05) is 19.1 Å². The summed E-state index contributed by atoms with van der Waals surface area (Å²) in [5.74, 6) is 0.710. The molecule has 3 rings (SSSR count). The molecule has 0 aromatic heterocycles. The first-order valence-corrected chi connectivity index (χ1v) is 6.78. The van der Waals surface area contributed by atoms with Crippen LogP contribution in [0.25, 0.3) is 0 Å². The van der Waals surface area contributed by atoms with Crippen molar-refractivity contribution in [1.29, 1.82) is 0 Å². The number of para-hydroxylation sites is 1. The van der Waals surface area contributed by atoms with Gasteiger partial charge in [0, 0.05) is 26.2 Å². The van der Waals surface area contributed by atoms with E-state index in [4.69, 9.17) is 4.74 Å². The molecule has 0 radical (unpaired) electrons. The molecular weight excluding hydrogens is 242 g/mol. The molecule has 1 aromatic carbocycles. The highest BCUT2D eigenvalue weighted by Crippen LogP contribution is 2.38. The van der Waals surface area contributed by atoms with Gasteiger partial charge in [-0.1, -0.05) is 13.0 Å². The van der Waals surface area contributed by atoms with Crippen LogP contribution >= 0.6 is 0 Å². The van der Waals surface area contributed by atoms with Crippen molar-refractivity contribution in [3.8, 4) is 5.75 Å². The zero-order valence-electron chi connectivity index (χ0n) is 11.1. The molecule has 102 valence electrons. The van der Waals surface area contributed by atoms with Gasteiger partial charge in [-0.3, -0.25) is 4.79 Å². The number of benzene rings is 1. The van der Waals surface area contributed by atoms with E-state index < -0.39 is 0 Å². The number of nitrogens with zero attached hydrogens (tertiary/aromatic N) is 1. The highest BCUT2D eigenvalue weighted by atomic mass is 16.5. The van der Waals surface area contributed by atoms with Gasteiger partial charge in [0.15, 0.2) is 5.75 Å². The van der Waals surface area contributed by atoms with Gasteiger partial charge < -0.3 is 20.3 Å². The molecule has 1 saturated heterocycles. The summed E-state index contributed by atoms with van der Waals surface area (Å²) < 4.78 is 5.87. The molecule has 2 N–H and O–H groups in total. The largest absolute Gasteiger partial charge is 0.488 e. The van der Waals surface area contributed by atoms with Crippen LogP contribution in [0.5, 0.6) is 5.75 Å². The number of anilines is 2. The fourth-order valence-corrected chi connectivity index (χ4v) is 2.47. The number of amides is 1. The smallest absolute Gasteiger partial charge is 0.230 e. The Labute approximate surface area is 112 Å². The van der Waals surface area contributed by atoms with Crippen molar-refractivity contribution in [1.82, 2.24) is 5.32 Å². The molecule has 5 heteroatoms. The first-order valence-electron chi connectivity index (χ1n) is 6.78. The van der Waals surface area contributed by atoms with Gasteiger partial charge in [0.2, 0.25) is 5.91 Å². The van der Waals surface area contributed by atoms with Gasteiger partial charge in [-0.2, -0.15) is 0 Å². The highest BCUT2D eigenvalue weighted by Gasteiger charge is 2.24. The van der Waals surface area contributed by atoms with E-state index >= 15 is 0 Å². The molecule has 5 nitrogen and oxygen atoms in total. The van der Waals surface area contributed by atoms with Gasteiger partial charge >= 0.3 is 0 Å². The predicted octanol–water partition coefficient (Wildman–Crippen LogP) is 1.06. The van der Waals surface area contributed by atoms with Crippen LogP contribution in [0.15, 0.2) is 18.2 Å². The quantitative estimate of drug-likeness (QED) is 0.794. The lowest BCUT2D eigenvalue weighted by Crippen LogP contribution is -2.43. The summed E-state index contributed by atoms with van der Waals surface area (Å²) in [7, 11) is 0. The second-order valence-electron chi connectivity index (χ2n) is 5.09. The molecule has 0 spiro atoms. The van der Waals surface area contributed by atoms with Gasteiger partial charge in [0.1, 0.15) is 0 Å². The lowest BCUT2D eigenvalue weighted by atomic mass is 10.2. The van der Waals surface area contributed by atoms with E-state index in [0.29, 0.717) is 6.61 Å². The molecule has 1 fully saturated rings. The van der Waals surface area contributed by atoms with Crippen molar-refractivity contribution < 1.29 is 9.53 Å². The third-order valence-electron chi connectivity index (χ3n) is 3.64. The summed E-state index contributed by atoms with van der Waals surface area (Å²) in [5.41, 5.74) is 1.86. The summed E-state index contributed by atoms with van der Waals surface area (Å²) in [6, 6.07) is 5.93. The zero-order valence-corrected chi connectivity index (χ0v) is 11.1. The molecule has 19 heavy (non-hydrogen) atoms. The van der Waals surface area contributed by atoms with Crippen LogP contribution in [0.4, 0.5) is 11.4 Å². The summed E-state index contributed by atoms with van der Waals surface area (Å²) in [5, 5.41) is 6.28. The van der Waals surface area contributed by atoms with Crippen molar-refractivity contribution in [3.63, 3.8) is 0 Å². The maximum Gasteiger partial charge on any atom is 0.230 e. The Kier molecular flexibility index (Phi) is 3.29. The van der Waals surface area contributed by atoms with Crippen molar-refractivity contribution in [2.45, 2.75) is 6.92 Å². The molecule has 2 aliphatic rings. The first-order chi connectivity index (χ1) is 9.25. The van der Waals surface area contributed by atoms with Gasteiger partial charge in [-0.05, 0) is 12.1 Å². The minimum Gasteiger partial charge on any atom is -0.488 e. The Morgan fingerprint density at radius 1 is 1.32 bits per heavy atom. The van der Waals surface area contributed by atoms with Gasteiger partial charge in [0.05, 0.1) is 23.9 Å². The molecule has 0 aliphatic carbocycles. The molecule has 0 saturated carbocycles. The molecule has 1 amide bonds. The van der Waals surface area contributed by atoms with E-state index in [2.05, 4.69) is 21.6 Å². The lowest BCUT2D eigenvalue weighted by molar-refractivity contribution is -0.119. The highest BCUT2D eigenvalue weighted by molar-refractivity contribution is 5.96. The summed E-state index contributed by atoms with van der Waals surface area (Å²) in [6.07, 6.45) is 0. The summed E-state index contributed by atoms with van der Waals surface area (Å²) >= 11 is 0. The molecule has 1 atom stereocenters. The maximum absolute atomic E-state index is 11.8. The monoisotopic (exact) mass is 261 g/mol. The fraction of sp³-hybridized carbons (Fsp3) is 0.500. The molecule has 2 heterocycles. The number of piperazine rings is 1. The van der Waals surface area contributed by atoms with Crippen LogP contribution in [0.3, 0.4) is 0 Å². The van der Waals surface area contributed by atoms with E-state index in [1.54, 1.807) is 0 Å². The molecular formula is C14H19N3O2. The maximum atomic E-state index is 11.8. The summed E-state index contributed by atoms with van der Waals surface area (Å²) in [6.45, 7) is 6.19. The van der Waals surface area contributed by atoms with Gasteiger partial charge in [-0.15, -0.1) is 0 Å². The third kappa shape index (κ3) is 2.38. The van der Waals surface area contributed by atoms with Crippen molar-refractivity contribution >= 4 is 17.3 Å². The van der Waals surface area contributed by atoms with Gasteiger partial charge in [0.25, 0.3) is 0 Å². The summed E-state index contributed by atoms with van der Waals surface area (Å²) in [4.78, 5) is 14.2. The number of carbonyl (C=O) groups is 1. The van der Waals surface area contributed by atoms with Crippen LogP contribution in [-0.4, -0.2) is 38.7 Å². The Hall–Kier alpha value is -1.75. The standard InChI is InChI=1S/C14H19N3O2/c1-10-9-19-13-11(16-14(10)18)3-2-4-12(13)17-7-5-15-6-8-17/h2-4,10,15H,5-9H2,1H3,(H,16,18). The Balaban J connectivity index is 1.94. The van der Waals surface area contributed by atoms with E-state index in [1.165, 1.54) is 0 Å². The predicted molar refractivity (Wildman–Crippen MR) is 74.8 cm³/mol. The topological polar surface area (TPSA) is 53.6 Å². The third-order valence-corrected chi connectivity index (χ3v) is 3.64. The van der Waals surface area contributed by atoms with E-state index in [9.17, 15) is 4.79 Å². The minimum atomic E-state index is -0.122. The zero-order chi connectivity index (χ0) is 13.2. The number of carbonyl (C=O) groups excluding carboxylic acids is 1. The second-order valence-corrected chi connectivity index (χ2v) is 5.09. The van der Waals surface area contributed by atoms with Crippen LogP contribution < -0.4 is 20.3 Å². The lowest BCUT2D eigenvalue weighted by Gasteiger charge is -2.31. The second kappa shape index (κ2) is 5.09. The number of hydrogen-bond acceptors (Lipinski definition) is 4. The van der Waals surface area contributed by atoms with Gasteiger partial charge in [-0.25, -0.2) is 0 Å². The number of rotatable bonds is 1. The average molecular weight is 261 g/mol. The number of fused-ring (bicyclic) bond motifs is 1. The molecule has 0 bridgehead atoms. The van der Waals surface area contributed by atoms with E-state index in [0.717, 1.165) is 43.3 Å². The normalized spacial score (nSPS) is 23.1. The molecule has 1 aromatic rings. The fourth-order valence-electron chi connectivity index (χ4n) is 2.47. The van der Waals surface area contributed by atoms with Crippen LogP contribution in [-0.2, 0) is 4.79 Å². The van der Waals surface area contributed by atoms with Crippen molar-refractivity contribution in [3.05, 3.63) is 18.2 Å². The Morgan fingerprint density at radius 2 is 2.11 bits per heavy atom. The van der Waals surface area contributed by atoms with E-state index in [-0.39, 0.29) is 11.8 Å². The van der Waals surface area contributed by atoms with Crippen LogP contribution in [0.1, 0.15) is 6.92 Å². The van der Waals surface area contributed by atoms with Crippen LogP contribution in [0.2, 0.25) is 0 Å². The number of ether oxygens (including phenoxy) is 1. The first kappa shape index (κ1) is 12.3. The Bertz CT molecular complexity index is 484. The minimum absolute atomic E-state index is 0.0243. The number of nitrogens with one attached hydrogen (secondary N) is 2. The van der Waals surface area contributed by atoms with Crippen molar-refractivity contribution in [2.24, 2.45) is 5.92 Å². The van der Waals surface area contributed by atoms with Crippen molar-refractivity contribution in [2.75, 3.05) is 43.0 Å². The molecule has 1 unspecified atom stereocenters. The SMILES string of the molecule is CC1COc2c(cccc2N2CCNCC2)NC1=O. The number of hydrogen-bond donors (Lipinski definition) is 2. The molecule has 2 aliphatic heterocycles. The average Bonchev–Trinajstić information content (AvgIpc) is 2.59. The Morgan fingerprint density at radius 3 is 2.89 bits per heavy atom. The van der Waals surface area contributed by atoms with Crippen LogP contribution in [0, 0.1) is 5.92 Å².